The number of aliphatic hydroxyl groups excluding tert-OH is 2. The van der Waals surface area contributed by atoms with E-state index in [1.807, 2.05) is 6.08 Å². The van der Waals surface area contributed by atoms with Crippen molar-refractivity contribution in [2.75, 3.05) is 0 Å². The van der Waals surface area contributed by atoms with E-state index in [9.17, 15) is 19.8 Å². The number of hydrogen-bond donors (Lipinski definition) is 3. The maximum atomic E-state index is 12.1. The van der Waals surface area contributed by atoms with Crippen LogP contribution in [0.3, 0.4) is 0 Å². The molecule has 0 amide bonds. The van der Waals surface area contributed by atoms with E-state index >= 15 is 0 Å². The molecule has 0 radical (unpaired) electrons. The molecule has 0 bridgehead atoms. The van der Waals surface area contributed by atoms with Gasteiger partial charge in [0.25, 0.3) is 0 Å². The molecular formula is C20H32O5. The molecule has 3 N–H and O–H groups in total. The van der Waals surface area contributed by atoms with Crippen LogP contribution >= 0.6 is 0 Å². The van der Waals surface area contributed by atoms with Gasteiger partial charge in [0.2, 0.25) is 0 Å². The van der Waals surface area contributed by atoms with E-state index in [0.29, 0.717) is 19.3 Å². The largest absolute Gasteiger partial charge is 0.481 e. The normalized spacial score (nSPS) is 25.2. The smallest absolute Gasteiger partial charge is 0.303 e. The van der Waals surface area contributed by atoms with Gasteiger partial charge in [0.1, 0.15) is 5.78 Å². The summed E-state index contributed by atoms with van der Waals surface area (Å²) in [5.74, 6) is -1.39. The Hall–Kier alpha value is -1.46. The summed E-state index contributed by atoms with van der Waals surface area (Å²) in [6, 6.07) is 0. The van der Waals surface area contributed by atoms with Crippen LogP contribution in [0.2, 0.25) is 0 Å². The molecule has 1 aliphatic rings. The Morgan fingerprint density at radius 1 is 1.28 bits per heavy atom. The van der Waals surface area contributed by atoms with E-state index in [4.69, 9.17) is 5.11 Å². The van der Waals surface area contributed by atoms with Gasteiger partial charge in [0, 0.05) is 24.7 Å². The fourth-order valence-electron chi connectivity index (χ4n) is 3.22. The molecule has 4 atom stereocenters. The Morgan fingerprint density at radius 3 is 2.72 bits per heavy atom. The summed E-state index contributed by atoms with van der Waals surface area (Å²) >= 11 is 0. The maximum absolute atomic E-state index is 12.1. The number of carbonyl (C=O) groups excluding carboxylic acids is 1. The highest BCUT2D eigenvalue weighted by molar-refractivity contribution is 5.86. The zero-order valence-corrected chi connectivity index (χ0v) is 15.1. The van der Waals surface area contributed by atoms with E-state index in [1.165, 1.54) is 12.8 Å². The first-order valence-corrected chi connectivity index (χ1v) is 9.39. The number of aliphatic carboxylic acids is 1. The number of carbonyl (C=O) groups is 2. The summed E-state index contributed by atoms with van der Waals surface area (Å²) in [5, 5.41) is 28.6. The molecule has 0 heterocycles. The highest BCUT2D eigenvalue weighted by Crippen LogP contribution is 2.33. The fraction of sp³-hybridized carbons (Fsp3) is 0.700. The van der Waals surface area contributed by atoms with Crippen LogP contribution in [0.4, 0.5) is 0 Å². The number of rotatable bonds is 12. The third-order valence-electron chi connectivity index (χ3n) is 4.72. The molecule has 25 heavy (non-hydrogen) atoms. The second-order valence-corrected chi connectivity index (χ2v) is 6.87. The standard InChI is InChI=1S/C20H32O5/c1-2-3-4-5-6-7-10-16-17(19(23)14-18(16)22)13-12-15(21)9-8-11-20(24)25/h6-7,12-13,15-18,21-22H,2-5,8-11,14H2,1H3,(H,24,25)/b7-6-,13-12+/t15-,16+,17+,18+/m1/s1. The lowest BCUT2D eigenvalue weighted by Gasteiger charge is -2.17. The molecule has 1 aliphatic carbocycles. The average molecular weight is 352 g/mol. The minimum atomic E-state index is -0.879. The number of allylic oxidation sites excluding steroid dienone is 3. The number of ketones is 1. The minimum absolute atomic E-state index is 0.00543. The molecule has 0 aromatic heterocycles. The average Bonchev–Trinajstić information content (AvgIpc) is 2.81. The summed E-state index contributed by atoms with van der Waals surface area (Å²) < 4.78 is 0. The molecule has 0 aromatic carbocycles. The number of carboxylic acid groups (broad SMARTS) is 1. The number of Topliss-reactive ketones (excluding diaryl/α,β-unsaturated/α-hetero) is 1. The lowest BCUT2D eigenvalue weighted by atomic mass is 9.90. The van der Waals surface area contributed by atoms with E-state index in [-0.39, 0.29) is 30.5 Å². The first kappa shape index (κ1) is 21.6. The highest BCUT2D eigenvalue weighted by atomic mass is 16.4. The number of carboxylic acids is 1. The summed E-state index contributed by atoms with van der Waals surface area (Å²) in [7, 11) is 0. The van der Waals surface area contributed by atoms with E-state index in [0.717, 1.165) is 12.8 Å². The van der Waals surface area contributed by atoms with Crippen LogP contribution in [0.15, 0.2) is 24.3 Å². The molecule has 0 spiro atoms. The van der Waals surface area contributed by atoms with Crippen LogP contribution in [-0.4, -0.2) is 39.3 Å². The van der Waals surface area contributed by atoms with Crippen molar-refractivity contribution in [1.29, 1.82) is 0 Å². The molecule has 0 aliphatic heterocycles. The third-order valence-corrected chi connectivity index (χ3v) is 4.72. The van der Waals surface area contributed by atoms with Crippen LogP contribution in [0.5, 0.6) is 0 Å². The van der Waals surface area contributed by atoms with E-state index in [2.05, 4.69) is 13.0 Å². The topological polar surface area (TPSA) is 94.8 Å². The van der Waals surface area contributed by atoms with Crippen molar-refractivity contribution in [3.63, 3.8) is 0 Å². The van der Waals surface area contributed by atoms with Crippen molar-refractivity contribution in [2.24, 2.45) is 11.8 Å². The minimum Gasteiger partial charge on any atom is -0.481 e. The molecule has 1 rings (SSSR count). The van der Waals surface area contributed by atoms with Gasteiger partial charge in [-0.05, 0) is 32.1 Å². The zero-order chi connectivity index (χ0) is 18.7. The molecule has 5 heteroatoms. The van der Waals surface area contributed by atoms with Gasteiger partial charge < -0.3 is 15.3 Å². The molecule has 5 nitrogen and oxygen atoms in total. The summed E-state index contributed by atoms with van der Waals surface area (Å²) in [6.45, 7) is 2.16. The van der Waals surface area contributed by atoms with Gasteiger partial charge in [-0.3, -0.25) is 9.59 Å². The molecule has 0 aromatic rings. The monoisotopic (exact) mass is 352 g/mol. The van der Waals surface area contributed by atoms with Gasteiger partial charge in [-0.2, -0.15) is 0 Å². The second kappa shape index (κ2) is 12.0. The Morgan fingerprint density at radius 2 is 2.04 bits per heavy atom. The van der Waals surface area contributed by atoms with E-state index in [1.54, 1.807) is 12.2 Å². The van der Waals surface area contributed by atoms with Crippen LogP contribution in [0.1, 0.15) is 64.7 Å². The second-order valence-electron chi connectivity index (χ2n) is 6.87. The molecule has 0 saturated heterocycles. The first-order valence-electron chi connectivity index (χ1n) is 9.39. The van der Waals surface area contributed by atoms with Crippen molar-refractivity contribution in [3.8, 4) is 0 Å². The number of unbranched alkanes of at least 4 members (excludes halogenated alkanes) is 3. The maximum Gasteiger partial charge on any atom is 0.303 e. The molecule has 1 fully saturated rings. The predicted molar refractivity (Wildman–Crippen MR) is 97.1 cm³/mol. The Balaban J connectivity index is 2.49. The summed E-state index contributed by atoms with van der Waals surface area (Å²) in [5.41, 5.74) is 0. The van der Waals surface area contributed by atoms with E-state index < -0.39 is 18.2 Å². The summed E-state index contributed by atoms with van der Waals surface area (Å²) in [6.07, 6.45) is 12.2. The van der Waals surface area contributed by atoms with Crippen molar-refractivity contribution in [2.45, 2.75) is 76.9 Å². The lowest BCUT2D eigenvalue weighted by molar-refractivity contribution is -0.137. The number of hydrogen-bond acceptors (Lipinski definition) is 4. The van der Waals surface area contributed by atoms with Gasteiger partial charge in [-0.1, -0.05) is 44.1 Å². The lowest BCUT2D eigenvalue weighted by Crippen LogP contribution is -2.19. The predicted octanol–water partition coefficient (Wildman–Crippen LogP) is 3.25. The van der Waals surface area contributed by atoms with Crippen LogP contribution in [0.25, 0.3) is 0 Å². The Kier molecular flexibility index (Phi) is 10.3. The fourth-order valence-corrected chi connectivity index (χ4v) is 3.22. The van der Waals surface area contributed by atoms with Gasteiger partial charge >= 0.3 is 5.97 Å². The first-order chi connectivity index (χ1) is 12.0. The molecular weight excluding hydrogens is 320 g/mol. The number of aliphatic hydroxyl groups is 2. The van der Waals surface area contributed by atoms with Gasteiger partial charge in [0.05, 0.1) is 12.2 Å². The Bertz CT molecular complexity index is 469. The van der Waals surface area contributed by atoms with Gasteiger partial charge in [0.15, 0.2) is 0 Å². The quantitative estimate of drug-likeness (QED) is 0.370. The van der Waals surface area contributed by atoms with Crippen LogP contribution < -0.4 is 0 Å². The molecule has 142 valence electrons. The van der Waals surface area contributed by atoms with Crippen molar-refractivity contribution < 1.29 is 24.9 Å². The van der Waals surface area contributed by atoms with Crippen LogP contribution in [-0.2, 0) is 9.59 Å². The Labute approximate surface area is 150 Å². The molecule has 0 unspecified atom stereocenters. The van der Waals surface area contributed by atoms with Crippen LogP contribution in [0, 0.1) is 11.8 Å². The van der Waals surface area contributed by atoms with Gasteiger partial charge in [-0.25, -0.2) is 0 Å². The van der Waals surface area contributed by atoms with Crippen molar-refractivity contribution in [1.82, 2.24) is 0 Å². The highest BCUT2D eigenvalue weighted by Gasteiger charge is 2.39. The van der Waals surface area contributed by atoms with Crippen molar-refractivity contribution in [3.05, 3.63) is 24.3 Å². The van der Waals surface area contributed by atoms with Gasteiger partial charge in [-0.15, -0.1) is 0 Å². The third kappa shape index (κ3) is 8.45. The molecule has 1 saturated carbocycles. The van der Waals surface area contributed by atoms with Crippen molar-refractivity contribution >= 4 is 11.8 Å². The zero-order valence-electron chi connectivity index (χ0n) is 15.1. The SMILES string of the molecule is CCCCC/C=C\C[C@H]1[C@H](/C=C/[C@H](O)CCCC(=O)O)C(=O)C[C@@H]1O. The summed E-state index contributed by atoms with van der Waals surface area (Å²) in [4.78, 5) is 22.6.